The lowest BCUT2D eigenvalue weighted by atomic mass is 10.0. The highest BCUT2D eigenvalue weighted by Crippen LogP contribution is 2.16. The van der Waals surface area contributed by atoms with Gasteiger partial charge in [0.1, 0.15) is 6.10 Å². The van der Waals surface area contributed by atoms with Gasteiger partial charge in [-0.15, -0.1) is 0 Å². The molecule has 1 aromatic rings. The molecule has 0 saturated carbocycles. The Kier molecular flexibility index (Phi) is 9.57. The maximum Gasteiger partial charge on any atom is 0.302 e. The Morgan fingerprint density at radius 1 is 1.13 bits per heavy atom. The number of carbonyl (C=O) groups excluding carboxylic acids is 1. The van der Waals surface area contributed by atoms with Crippen molar-refractivity contribution in [3.05, 3.63) is 35.9 Å². The smallest absolute Gasteiger partial charge is 0.302 e. The second kappa shape index (κ2) is 11.2. The van der Waals surface area contributed by atoms with Crippen molar-refractivity contribution in [3.63, 3.8) is 0 Å². The van der Waals surface area contributed by atoms with Gasteiger partial charge in [0.25, 0.3) is 0 Å². The lowest BCUT2D eigenvalue weighted by Gasteiger charge is -2.35. The topological polar surface area (TPSA) is 38.8 Å². The number of benzene rings is 1. The summed E-state index contributed by atoms with van der Waals surface area (Å²) < 4.78 is 11.5. The molecule has 0 saturated heterocycles. The molecule has 0 aliphatic rings. The third-order valence-electron chi connectivity index (χ3n) is 4.00. The van der Waals surface area contributed by atoms with Gasteiger partial charge in [-0.25, -0.2) is 0 Å². The van der Waals surface area contributed by atoms with Gasteiger partial charge < -0.3 is 9.47 Å². The zero-order chi connectivity index (χ0) is 17.1. The summed E-state index contributed by atoms with van der Waals surface area (Å²) in [4.78, 5) is 13.8. The molecule has 0 aliphatic heterocycles. The van der Waals surface area contributed by atoms with Crippen molar-refractivity contribution < 1.29 is 14.3 Å². The summed E-state index contributed by atoms with van der Waals surface area (Å²) in [6.07, 6.45) is 1.72. The van der Waals surface area contributed by atoms with Crippen LogP contribution in [-0.2, 0) is 20.9 Å². The molecular formula is C19H31NO3. The molecule has 1 aromatic carbocycles. The number of likely N-dealkylation sites (N-methyl/N-ethyl adjacent to an activating group) is 1. The van der Waals surface area contributed by atoms with Crippen LogP contribution in [0.15, 0.2) is 30.3 Å². The van der Waals surface area contributed by atoms with E-state index >= 15 is 0 Å². The lowest BCUT2D eigenvalue weighted by Crippen LogP contribution is -2.48. The Morgan fingerprint density at radius 2 is 1.78 bits per heavy atom. The summed E-state index contributed by atoms with van der Waals surface area (Å²) in [6, 6.07) is 10.2. The van der Waals surface area contributed by atoms with Crippen molar-refractivity contribution in [2.75, 3.05) is 19.7 Å². The maximum absolute atomic E-state index is 11.4. The highest BCUT2D eigenvalue weighted by Gasteiger charge is 2.28. The van der Waals surface area contributed by atoms with Crippen LogP contribution in [0.3, 0.4) is 0 Å². The molecule has 2 atom stereocenters. The van der Waals surface area contributed by atoms with Crippen LogP contribution in [0, 0.1) is 0 Å². The second-order valence-electron chi connectivity index (χ2n) is 5.73. The van der Waals surface area contributed by atoms with Gasteiger partial charge in [-0.2, -0.15) is 0 Å². The molecule has 0 N–H and O–H groups in total. The minimum absolute atomic E-state index is 0.0950. The first-order chi connectivity index (χ1) is 11.1. The number of nitrogens with zero attached hydrogens (tertiary/aromatic N) is 1. The second-order valence-corrected chi connectivity index (χ2v) is 5.73. The average Bonchev–Trinajstić information content (AvgIpc) is 2.54. The first-order valence-corrected chi connectivity index (χ1v) is 8.65. The Balaban J connectivity index is 2.71. The number of hydrogen-bond acceptors (Lipinski definition) is 4. The van der Waals surface area contributed by atoms with E-state index in [2.05, 4.69) is 37.8 Å². The molecule has 0 unspecified atom stereocenters. The van der Waals surface area contributed by atoms with Crippen LogP contribution in [0.4, 0.5) is 0 Å². The molecule has 130 valence electrons. The molecule has 0 heterocycles. The number of esters is 1. The quantitative estimate of drug-likeness (QED) is 0.583. The van der Waals surface area contributed by atoms with Gasteiger partial charge in [0, 0.05) is 6.92 Å². The maximum atomic E-state index is 11.4. The lowest BCUT2D eigenvalue weighted by molar-refractivity contribution is -0.152. The Morgan fingerprint density at radius 3 is 2.30 bits per heavy atom. The summed E-state index contributed by atoms with van der Waals surface area (Å²) in [7, 11) is 0. The first-order valence-electron chi connectivity index (χ1n) is 8.65. The van der Waals surface area contributed by atoms with Gasteiger partial charge in [-0.3, -0.25) is 9.69 Å². The third kappa shape index (κ3) is 7.14. The Hall–Kier alpha value is -1.39. The van der Waals surface area contributed by atoms with Crippen LogP contribution in [-0.4, -0.2) is 42.7 Å². The van der Waals surface area contributed by atoms with E-state index in [4.69, 9.17) is 9.47 Å². The van der Waals surface area contributed by atoms with Crippen LogP contribution in [0.1, 0.15) is 46.1 Å². The molecule has 4 nitrogen and oxygen atoms in total. The van der Waals surface area contributed by atoms with E-state index in [0.29, 0.717) is 13.2 Å². The van der Waals surface area contributed by atoms with Crippen LogP contribution in [0.5, 0.6) is 0 Å². The molecule has 0 aliphatic carbocycles. The zero-order valence-corrected chi connectivity index (χ0v) is 15.0. The van der Waals surface area contributed by atoms with Crippen LogP contribution >= 0.6 is 0 Å². The molecular weight excluding hydrogens is 290 g/mol. The summed E-state index contributed by atoms with van der Waals surface area (Å²) in [5.41, 5.74) is 1.16. The Labute approximate surface area is 140 Å². The normalized spacial score (nSPS) is 13.8. The van der Waals surface area contributed by atoms with Crippen molar-refractivity contribution in [1.29, 1.82) is 0 Å². The van der Waals surface area contributed by atoms with Gasteiger partial charge in [0.2, 0.25) is 0 Å². The van der Waals surface area contributed by atoms with Gasteiger partial charge in [0.05, 0.1) is 19.3 Å². The molecule has 0 spiro atoms. The molecule has 1 rings (SSSR count). The molecule has 0 amide bonds. The predicted molar refractivity (Wildman–Crippen MR) is 93.3 cm³/mol. The fourth-order valence-corrected chi connectivity index (χ4v) is 2.84. The summed E-state index contributed by atoms with van der Waals surface area (Å²) in [6.45, 7) is 10.8. The van der Waals surface area contributed by atoms with E-state index in [1.165, 1.54) is 6.92 Å². The van der Waals surface area contributed by atoms with E-state index in [0.717, 1.165) is 31.5 Å². The van der Waals surface area contributed by atoms with Crippen molar-refractivity contribution in [1.82, 2.24) is 4.90 Å². The van der Waals surface area contributed by atoms with Crippen molar-refractivity contribution >= 4 is 5.97 Å². The minimum atomic E-state index is -0.219. The molecule has 0 aromatic heterocycles. The third-order valence-corrected chi connectivity index (χ3v) is 4.00. The summed E-state index contributed by atoms with van der Waals surface area (Å²) in [5, 5.41) is 0. The van der Waals surface area contributed by atoms with E-state index in [9.17, 15) is 4.79 Å². The molecule has 4 heteroatoms. The largest absolute Gasteiger partial charge is 0.461 e. The Bertz CT molecular complexity index is 432. The first kappa shape index (κ1) is 19.7. The standard InChI is InChI=1S/C19H31NO3/c1-5-11-19(23-16(4)21)18(20(6-2)7-3)15-22-14-17-12-9-8-10-13-17/h8-10,12-13,18-19H,5-7,11,14-15H2,1-4H3/t18-,19-/m1/s1. The highest BCUT2D eigenvalue weighted by molar-refractivity contribution is 5.66. The SMILES string of the molecule is CCC[C@@H](OC(C)=O)[C@@H](COCc1ccccc1)N(CC)CC. The molecule has 0 fully saturated rings. The summed E-state index contributed by atoms with van der Waals surface area (Å²) >= 11 is 0. The van der Waals surface area contributed by atoms with Crippen LogP contribution < -0.4 is 0 Å². The van der Waals surface area contributed by atoms with Crippen molar-refractivity contribution in [3.8, 4) is 0 Å². The van der Waals surface area contributed by atoms with Gasteiger partial charge in [-0.05, 0) is 25.1 Å². The predicted octanol–water partition coefficient (Wildman–Crippen LogP) is 3.65. The fourth-order valence-electron chi connectivity index (χ4n) is 2.84. The average molecular weight is 321 g/mol. The highest BCUT2D eigenvalue weighted by atomic mass is 16.5. The number of rotatable bonds is 11. The van der Waals surface area contributed by atoms with E-state index in [1.54, 1.807) is 0 Å². The van der Waals surface area contributed by atoms with E-state index in [1.807, 2.05) is 18.2 Å². The van der Waals surface area contributed by atoms with E-state index in [-0.39, 0.29) is 18.1 Å². The minimum Gasteiger partial charge on any atom is -0.461 e. The van der Waals surface area contributed by atoms with Gasteiger partial charge in [0.15, 0.2) is 0 Å². The fraction of sp³-hybridized carbons (Fsp3) is 0.632. The number of carbonyl (C=O) groups is 1. The van der Waals surface area contributed by atoms with E-state index < -0.39 is 0 Å². The van der Waals surface area contributed by atoms with Crippen LogP contribution in [0.2, 0.25) is 0 Å². The zero-order valence-electron chi connectivity index (χ0n) is 15.0. The molecule has 0 radical (unpaired) electrons. The van der Waals surface area contributed by atoms with Gasteiger partial charge in [-0.1, -0.05) is 57.5 Å². The number of ether oxygens (including phenoxy) is 2. The van der Waals surface area contributed by atoms with Crippen LogP contribution in [0.25, 0.3) is 0 Å². The number of hydrogen-bond donors (Lipinski definition) is 0. The van der Waals surface area contributed by atoms with Crippen molar-refractivity contribution in [2.24, 2.45) is 0 Å². The molecule has 0 bridgehead atoms. The van der Waals surface area contributed by atoms with Crippen molar-refractivity contribution in [2.45, 2.75) is 59.3 Å². The van der Waals surface area contributed by atoms with Gasteiger partial charge >= 0.3 is 5.97 Å². The monoisotopic (exact) mass is 321 g/mol. The summed E-state index contributed by atoms with van der Waals surface area (Å²) in [5.74, 6) is -0.219. The molecule has 23 heavy (non-hydrogen) atoms.